The van der Waals surface area contributed by atoms with Crippen molar-refractivity contribution >= 4 is 12.1 Å². The van der Waals surface area contributed by atoms with Crippen molar-refractivity contribution in [3.63, 3.8) is 0 Å². The van der Waals surface area contributed by atoms with E-state index >= 15 is 0 Å². The Labute approximate surface area is 127 Å². The summed E-state index contributed by atoms with van der Waals surface area (Å²) in [4.78, 5) is 25.2. The average molecular weight is 300 g/mol. The van der Waals surface area contributed by atoms with Crippen LogP contribution in [0, 0.1) is 0 Å². The Balaban J connectivity index is 2.32. The van der Waals surface area contributed by atoms with Gasteiger partial charge >= 0.3 is 12.1 Å². The van der Waals surface area contributed by atoms with E-state index in [9.17, 15) is 9.59 Å². The third-order valence-corrected chi connectivity index (χ3v) is 2.80. The molecule has 0 aromatic carbocycles. The first-order chi connectivity index (χ1) is 9.46. The third-order valence-electron chi connectivity index (χ3n) is 2.80. The second-order valence-corrected chi connectivity index (χ2v) is 7.38. The van der Waals surface area contributed by atoms with Crippen LogP contribution in [0.15, 0.2) is 0 Å². The molecule has 0 radical (unpaired) electrons. The van der Waals surface area contributed by atoms with Gasteiger partial charge in [0.15, 0.2) is 0 Å². The zero-order valence-corrected chi connectivity index (χ0v) is 14.0. The molecule has 1 aliphatic rings. The molecule has 1 rings (SSSR count). The van der Waals surface area contributed by atoms with Crippen LogP contribution in [-0.2, 0) is 14.3 Å². The lowest BCUT2D eigenvalue weighted by atomic mass is 10.2. The Morgan fingerprint density at radius 2 is 1.67 bits per heavy atom. The summed E-state index contributed by atoms with van der Waals surface area (Å²) >= 11 is 0. The topological polar surface area (TPSA) is 67.9 Å². The summed E-state index contributed by atoms with van der Waals surface area (Å²) in [6.07, 6.45) is 0.506. The van der Waals surface area contributed by atoms with Gasteiger partial charge in [0.2, 0.25) is 0 Å². The monoisotopic (exact) mass is 300 g/mol. The normalized spacial score (nSPS) is 19.5. The molecule has 0 saturated carbocycles. The first-order valence-corrected chi connectivity index (χ1v) is 7.39. The minimum Gasteiger partial charge on any atom is -0.459 e. The van der Waals surface area contributed by atoms with E-state index in [2.05, 4.69) is 5.32 Å². The lowest BCUT2D eigenvalue weighted by Gasteiger charge is -2.24. The van der Waals surface area contributed by atoms with Gasteiger partial charge in [-0.3, -0.25) is 4.79 Å². The van der Waals surface area contributed by atoms with E-state index < -0.39 is 11.2 Å². The molecule has 0 spiro atoms. The van der Waals surface area contributed by atoms with E-state index in [0.717, 1.165) is 6.42 Å². The summed E-state index contributed by atoms with van der Waals surface area (Å²) in [5.41, 5.74) is -0.962. The van der Waals surface area contributed by atoms with Crippen LogP contribution in [0.5, 0.6) is 0 Å². The summed E-state index contributed by atoms with van der Waals surface area (Å²) in [5.74, 6) is -0.279. The highest BCUT2D eigenvalue weighted by Gasteiger charge is 2.30. The standard InChI is InChI=1S/C15H28N2O4/c1-14(2,3)20-12(18)9-16-11-7-8-17(10-11)13(19)21-15(4,5)6/h11,16H,7-10H2,1-6H3. The summed E-state index contributed by atoms with van der Waals surface area (Å²) in [5, 5.41) is 3.13. The van der Waals surface area contributed by atoms with Gasteiger partial charge in [-0.05, 0) is 48.0 Å². The minimum absolute atomic E-state index is 0.102. The summed E-state index contributed by atoms with van der Waals surface area (Å²) in [6, 6.07) is 0.102. The number of hydrogen-bond donors (Lipinski definition) is 1. The zero-order valence-electron chi connectivity index (χ0n) is 14.0. The fraction of sp³-hybridized carbons (Fsp3) is 0.867. The molecule has 0 aromatic rings. The number of rotatable bonds is 3. The van der Waals surface area contributed by atoms with Crippen molar-refractivity contribution in [1.82, 2.24) is 10.2 Å². The van der Waals surface area contributed by atoms with Crippen LogP contribution in [0.3, 0.4) is 0 Å². The molecule has 0 bridgehead atoms. The molecule has 1 amide bonds. The lowest BCUT2D eigenvalue weighted by molar-refractivity contribution is -0.153. The molecule has 6 nitrogen and oxygen atoms in total. The van der Waals surface area contributed by atoms with Crippen molar-refractivity contribution in [2.75, 3.05) is 19.6 Å². The number of esters is 1. The van der Waals surface area contributed by atoms with Crippen molar-refractivity contribution in [3.05, 3.63) is 0 Å². The Morgan fingerprint density at radius 3 is 2.19 bits per heavy atom. The van der Waals surface area contributed by atoms with Crippen LogP contribution < -0.4 is 5.32 Å². The molecule has 1 unspecified atom stereocenters. The Kier molecular flexibility index (Phi) is 5.61. The van der Waals surface area contributed by atoms with Crippen molar-refractivity contribution in [2.24, 2.45) is 0 Å². The number of nitrogens with one attached hydrogen (secondary N) is 1. The van der Waals surface area contributed by atoms with E-state index in [0.29, 0.717) is 13.1 Å². The highest BCUT2D eigenvalue weighted by Crippen LogP contribution is 2.15. The minimum atomic E-state index is -0.487. The molecule has 1 aliphatic heterocycles. The number of amides is 1. The van der Waals surface area contributed by atoms with Gasteiger partial charge in [-0.2, -0.15) is 0 Å². The number of carbonyl (C=O) groups excluding carboxylic acids is 2. The molecule has 0 aliphatic carbocycles. The van der Waals surface area contributed by atoms with E-state index in [-0.39, 0.29) is 24.6 Å². The molecule has 1 atom stereocenters. The Morgan fingerprint density at radius 1 is 1.10 bits per heavy atom. The quantitative estimate of drug-likeness (QED) is 0.807. The second kappa shape index (κ2) is 6.64. The third kappa shape index (κ3) is 7.32. The smallest absolute Gasteiger partial charge is 0.410 e. The maximum atomic E-state index is 11.9. The van der Waals surface area contributed by atoms with Gasteiger partial charge in [-0.15, -0.1) is 0 Å². The van der Waals surface area contributed by atoms with E-state index in [1.165, 1.54) is 0 Å². The second-order valence-electron chi connectivity index (χ2n) is 7.38. The molecule has 122 valence electrons. The molecular weight excluding hydrogens is 272 g/mol. The highest BCUT2D eigenvalue weighted by atomic mass is 16.6. The predicted molar refractivity (Wildman–Crippen MR) is 80.1 cm³/mol. The number of ether oxygens (including phenoxy) is 2. The van der Waals surface area contributed by atoms with Crippen LogP contribution >= 0.6 is 0 Å². The zero-order chi connectivity index (χ0) is 16.3. The summed E-state index contributed by atoms with van der Waals surface area (Å²) < 4.78 is 10.6. The first kappa shape index (κ1) is 17.8. The largest absolute Gasteiger partial charge is 0.459 e. The van der Waals surface area contributed by atoms with Gasteiger partial charge in [0.25, 0.3) is 0 Å². The van der Waals surface area contributed by atoms with Crippen molar-refractivity contribution in [3.8, 4) is 0 Å². The molecule has 1 N–H and O–H groups in total. The number of likely N-dealkylation sites (tertiary alicyclic amines) is 1. The van der Waals surface area contributed by atoms with Crippen molar-refractivity contribution < 1.29 is 19.1 Å². The first-order valence-electron chi connectivity index (χ1n) is 7.39. The fourth-order valence-electron chi connectivity index (χ4n) is 2.02. The van der Waals surface area contributed by atoms with Crippen LogP contribution in [0.4, 0.5) is 4.79 Å². The van der Waals surface area contributed by atoms with Crippen LogP contribution in [-0.4, -0.2) is 53.8 Å². The van der Waals surface area contributed by atoms with E-state index in [1.54, 1.807) is 4.90 Å². The van der Waals surface area contributed by atoms with Gasteiger partial charge < -0.3 is 19.7 Å². The molecular formula is C15H28N2O4. The molecule has 21 heavy (non-hydrogen) atoms. The lowest BCUT2D eigenvalue weighted by Crippen LogP contribution is -2.40. The summed E-state index contributed by atoms with van der Waals surface area (Å²) in [6.45, 7) is 12.4. The van der Waals surface area contributed by atoms with Crippen LogP contribution in [0.2, 0.25) is 0 Å². The molecule has 6 heteroatoms. The average Bonchev–Trinajstić information content (AvgIpc) is 2.70. The van der Waals surface area contributed by atoms with Crippen molar-refractivity contribution in [2.45, 2.75) is 65.2 Å². The van der Waals surface area contributed by atoms with Crippen LogP contribution in [0.1, 0.15) is 48.0 Å². The van der Waals surface area contributed by atoms with Gasteiger partial charge in [0, 0.05) is 19.1 Å². The predicted octanol–water partition coefficient (Wildman–Crippen LogP) is 1.93. The number of nitrogens with zero attached hydrogens (tertiary/aromatic N) is 1. The van der Waals surface area contributed by atoms with Crippen LogP contribution in [0.25, 0.3) is 0 Å². The number of carbonyl (C=O) groups is 2. The maximum absolute atomic E-state index is 11.9. The highest BCUT2D eigenvalue weighted by molar-refractivity contribution is 5.72. The van der Waals surface area contributed by atoms with Gasteiger partial charge in [-0.1, -0.05) is 0 Å². The fourth-order valence-corrected chi connectivity index (χ4v) is 2.02. The van der Waals surface area contributed by atoms with E-state index in [1.807, 2.05) is 41.5 Å². The molecule has 1 fully saturated rings. The maximum Gasteiger partial charge on any atom is 0.410 e. The SMILES string of the molecule is CC(C)(C)OC(=O)CNC1CCN(C(=O)OC(C)(C)C)C1. The summed E-state index contributed by atoms with van der Waals surface area (Å²) in [7, 11) is 0. The number of hydrogen-bond acceptors (Lipinski definition) is 5. The van der Waals surface area contributed by atoms with Crippen molar-refractivity contribution in [1.29, 1.82) is 0 Å². The van der Waals surface area contributed by atoms with Gasteiger partial charge in [0.05, 0.1) is 6.54 Å². The Hall–Kier alpha value is -1.30. The van der Waals surface area contributed by atoms with E-state index in [4.69, 9.17) is 9.47 Å². The molecule has 0 aromatic heterocycles. The molecule has 1 heterocycles. The van der Waals surface area contributed by atoms with Gasteiger partial charge in [0.1, 0.15) is 11.2 Å². The Bertz CT molecular complexity index is 382. The van der Waals surface area contributed by atoms with Gasteiger partial charge in [-0.25, -0.2) is 4.79 Å². The molecule has 1 saturated heterocycles.